The number of hydrogen-bond donors (Lipinski definition) is 3. The number of carbonyl (C=O) groups is 2. The minimum absolute atomic E-state index is 0. The first-order valence-electron chi connectivity index (χ1n) is 8.57. The van der Waals surface area contributed by atoms with Crippen LogP contribution in [-0.4, -0.2) is 47.2 Å². The fourth-order valence-electron chi connectivity index (χ4n) is 2.59. The fourth-order valence-corrected chi connectivity index (χ4v) is 2.59. The molecule has 0 bridgehead atoms. The van der Waals surface area contributed by atoms with Crippen molar-refractivity contribution in [3.05, 3.63) is 12.7 Å². The molecule has 1 saturated heterocycles. The molecule has 10 nitrogen and oxygen atoms in total. The number of hydrogen-bond acceptors (Lipinski definition) is 7. The number of rotatable bonds is 8. The van der Waals surface area contributed by atoms with Crippen LogP contribution in [0.4, 0.5) is 0 Å². The standard InChI is InChI=1S/C8H15NO.C8H14O4.HO4P.Pt.H2/c1-2-8(7-9)3-5-10-6-4-8;1-3-5(4-2)6(7(9)10)8(11)12;1-4-5(2)3;;/h9H,1-7H2;5-6H,3-4H2,1-2H3,(H,9,10)(H,11,12);1H;;1H/q-2;;;+2;. The maximum absolute atomic E-state index is 10.5. The minimum atomic E-state index is -3.04. The molecule has 12 heteroatoms. The summed E-state index contributed by atoms with van der Waals surface area (Å²) in [4.78, 5) is 30.0. The summed E-state index contributed by atoms with van der Waals surface area (Å²) in [5, 5.41) is 24.2. The minimum Gasteiger partial charge on any atom is -0.677 e. The third-order valence-electron chi connectivity index (χ3n) is 4.58. The molecule has 0 aromatic rings. The molecule has 1 atom stereocenters. The second kappa shape index (κ2) is 18.6. The molecule has 0 aliphatic carbocycles. The molecule has 0 radical (unpaired) electrons. The first-order chi connectivity index (χ1) is 12.6. The van der Waals surface area contributed by atoms with E-state index in [-0.39, 0.29) is 33.8 Å². The van der Waals surface area contributed by atoms with Crippen molar-refractivity contribution >= 4 is 20.2 Å². The zero-order valence-corrected chi connectivity index (χ0v) is 19.2. The summed E-state index contributed by atoms with van der Waals surface area (Å²) >= 11 is 0. The summed E-state index contributed by atoms with van der Waals surface area (Å²) in [6, 6.07) is 0. The van der Waals surface area contributed by atoms with Crippen molar-refractivity contribution in [2.75, 3.05) is 19.8 Å². The van der Waals surface area contributed by atoms with E-state index in [2.05, 4.69) is 11.6 Å². The average molecular weight is 608 g/mol. The van der Waals surface area contributed by atoms with E-state index in [4.69, 9.17) is 35.4 Å². The largest absolute Gasteiger partial charge is 2.00 e. The van der Waals surface area contributed by atoms with E-state index >= 15 is 0 Å². The molecule has 0 aromatic heterocycles. The van der Waals surface area contributed by atoms with Gasteiger partial charge in [-0.05, 0) is 23.3 Å². The van der Waals surface area contributed by atoms with Gasteiger partial charge in [-0.25, -0.2) is 5.26 Å². The molecule has 1 aliphatic rings. The topological polar surface area (TPSA) is 177 Å². The number of ether oxygens (including phenoxy) is 1. The summed E-state index contributed by atoms with van der Waals surface area (Å²) in [7, 11) is -3.04. The predicted molar refractivity (Wildman–Crippen MR) is 97.9 cm³/mol. The Morgan fingerprint density at radius 2 is 1.68 bits per heavy atom. The second-order valence-electron chi connectivity index (χ2n) is 6.08. The zero-order valence-electron chi connectivity index (χ0n) is 16.1. The first kappa shape index (κ1) is 32.2. The van der Waals surface area contributed by atoms with Crippen LogP contribution in [0.2, 0.25) is 0 Å². The molecule has 1 aliphatic heterocycles. The smallest absolute Gasteiger partial charge is 0.677 e. The van der Waals surface area contributed by atoms with Crippen LogP contribution in [0.15, 0.2) is 0 Å². The van der Waals surface area contributed by atoms with Gasteiger partial charge in [0.25, 0.3) is 0 Å². The van der Waals surface area contributed by atoms with Crippen molar-refractivity contribution in [3.63, 3.8) is 0 Å². The van der Waals surface area contributed by atoms with Crippen LogP contribution in [0.3, 0.4) is 0 Å². The Bertz CT molecular complexity index is 430. The Morgan fingerprint density at radius 1 is 1.29 bits per heavy atom. The molecule has 1 heterocycles. The van der Waals surface area contributed by atoms with E-state index in [0.717, 1.165) is 32.5 Å². The van der Waals surface area contributed by atoms with Gasteiger partial charge in [0.15, 0.2) is 5.92 Å². The predicted octanol–water partition coefficient (Wildman–Crippen LogP) is 3.00. The summed E-state index contributed by atoms with van der Waals surface area (Å²) in [6.45, 7) is 9.64. The van der Waals surface area contributed by atoms with Crippen molar-refractivity contribution in [1.29, 1.82) is 0 Å². The Hall–Kier alpha value is -0.472. The van der Waals surface area contributed by atoms with E-state index in [1.165, 1.54) is 0 Å². The second-order valence-corrected chi connectivity index (χ2v) is 6.69. The molecule has 1 unspecified atom stereocenters. The van der Waals surface area contributed by atoms with Crippen molar-refractivity contribution in [1.82, 2.24) is 0 Å². The Balaban J connectivity index is -0.000000168. The molecule has 1 fully saturated rings. The maximum atomic E-state index is 10.5. The van der Waals surface area contributed by atoms with Crippen molar-refractivity contribution in [3.8, 4) is 0 Å². The Kier molecular flexibility index (Phi) is 21.3. The molecule has 0 amide bonds. The number of carboxylic acid groups (broad SMARTS) is 2. The van der Waals surface area contributed by atoms with Crippen LogP contribution in [0.5, 0.6) is 0 Å². The van der Waals surface area contributed by atoms with Crippen LogP contribution in [0.25, 0.3) is 5.73 Å². The third kappa shape index (κ3) is 13.7. The van der Waals surface area contributed by atoms with E-state index in [1.54, 1.807) is 13.8 Å². The van der Waals surface area contributed by atoms with Crippen molar-refractivity contribution in [2.45, 2.75) is 46.0 Å². The average Bonchev–Trinajstić information content (AvgIpc) is 2.66. The number of aliphatic carboxylic acids is 2. The molecule has 4 N–H and O–H groups in total. The molecule has 0 spiro atoms. The van der Waals surface area contributed by atoms with Gasteiger partial charge in [-0.1, -0.05) is 32.1 Å². The molecular weight excluding hydrogens is 576 g/mol. The van der Waals surface area contributed by atoms with Crippen LogP contribution in [-0.2, 0) is 44.6 Å². The van der Waals surface area contributed by atoms with Gasteiger partial charge in [-0.3, -0.25) is 9.59 Å². The maximum Gasteiger partial charge on any atom is 2.00 e. The Morgan fingerprint density at radius 3 is 1.82 bits per heavy atom. The van der Waals surface area contributed by atoms with Crippen molar-refractivity contribution < 1.29 is 66.4 Å². The zero-order chi connectivity index (χ0) is 21.5. The van der Waals surface area contributed by atoms with Gasteiger partial charge in [0.1, 0.15) is 0 Å². The normalized spacial score (nSPS) is 15.4. The third-order valence-corrected chi connectivity index (χ3v) is 4.71. The summed E-state index contributed by atoms with van der Waals surface area (Å²) in [5.41, 5.74) is 7.54. The van der Waals surface area contributed by atoms with E-state index in [9.17, 15) is 9.59 Å². The number of carboxylic acids is 2. The van der Waals surface area contributed by atoms with Gasteiger partial charge in [0.05, 0.1) is 0 Å². The van der Waals surface area contributed by atoms with Crippen molar-refractivity contribution in [2.24, 2.45) is 17.3 Å². The SMILES string of the molecule is CCC(CC)C(C(=O)O)C(=O)O.O=[P+]([O-])OO.[CH2-]CC1(C[NH-])CCOCC1.[HH].[Pt+2]. The van der Waals surface area contributed by atoms with E-state index in [0.29, 0.717) is 19.4 Å². The van der Waals surface area contributed by atoms with Gasteiger partial charge in [0, 0.05) is 19.3 Å². The Labute approximate surface area is 182 Å². The van der Waals surface area contributed by atoms with Gasteiger partial charge in [-0.15, -0.1) is 6.54 Å². The first-order valence-corrected chi connectivity index (χ1v) is 9.67. The van der Waals surface area contributed by atoms with Gasteiger partial charge in [-0.2, -0.15) is 6.42 Å². The molecule has 170 valence electrons. The van der Waals surface area contributed by atoms with Crippen LogP contribution in [0, 0.1) is 24.2 Å². The van der Waals surface area contributed by atoms with Crippen LogP contribution in [0.1, 0.15) is 47.4 Å². The summed E-state index contributed by atoms with van der Waals surface area (Å²) in [5.74, 6) is -3.99. The number of nitrogens with one attached hydrogen (secondary N) is 1. The van der Waals surface area contributed by atoms with Gasteiger partial charge >= 0.3 is 41.3 Å². The molecule has 0 saturated carbocycles. The summed E-state index contributed by atoms with van der Waals surface area (Å²) < 4.78 is 16.9. The van der Waals surface area contributed by atoms with E-state index < -0.39 is 26.1 Å². The van der Waals surface area contributed by atoms with Crippen LogP contribution >= 0.6 is 8.25 Å². The van der Waals surface area contributed by atoms with Gasteiger partial charge < -0.3 is 32.5 Å². The monoisotopic (exact) mass is 608 g/mol. The fraction of sp³-hybridized carbons (Fsp3) is 0.812. The molecule has 1 rings (SSSR count). The molecular formula is C16H32NO9PPt. The van der Waals surface area contributed by atoms with Gasteiger partial charge in [0.2, 0.25) is 0 Å². The van der Waals surface area contributed by atoms with E-state index in [1.807, 2.05) is 0 Å². The molecule has 28 heavy (non-hydrogen) atoms. The molecule has 0 aromatic carbocycles. The quantitative estimate of drug-likeness (QED) is 0.123. The summed E-state index contributed by atoms with van der Waals surface area (Å²) in [6.07, 6.45) is 4.11. The van der Waals surface area contributed by atoms with Crippen LogP contribution < -0.4 is 4.89 Å².